The van der Waals surface area contributed by atoms with Crippen LogP contribution in [0, 0.1) is 5.82 Å². The van der Waals surface area contributed by atoms with Gasteiger partial charge in [-0.1, -0.05) is 12.1 Å². The fraction of sp³-hybridized carbons (Fsp3) is 0.600. The lowest BCUT2D eigenvalue weighted by Crippen LogP contribution is -2.51. The maximum absolute atomic E-state index is 13.1. The van der Waals surface area contributed by atoms with Crippen molar-refractivity contribution in [1.82, 2.24) is 9.80 Å². The molecule has 1 aliphatic heterocycles. The Kier molecular flexibility index (Phi) is 5.94. The third-order valence-electron chi connectivity index (χ3n) is 3.88. The van der Waals surface area contributed by atoms with Gasteiger partial charge in [0.2, 0.25) is 0 Å². The first-order valence-corrected chi connectivity index (χ1v) is 7.32. The van der Waals surface area contributed by atoms with Crippen molar-refractivity contribution in [1.29, 1.82) is 0 Å². The molecule has 0 radical (unpaired) electrons. The first kappa shape index (κ1) is 18.1. The zero-order chi connectivity index (χ0) is 17.0. The van der Waals surface area contributed by atoms with Crippen molar-refractivity contribution >= 4 is 0 Å². The van der Waals surface area contributed by atoms with E-state index in [2.05, 4.69) is 0 Å². The average Bonchev–Trinajstić information content (AvgIpc) is 2.49. The second kappa shape index (κ2) is 7.55. The van der Waals surface area contributed by atoms with Crippen LogP contribution in [0.3, 0.4) is 0 Å². The van der Waals surface area contributed by atoms with E-state index in [0.717, 1.165) is 0 Å². The highest BCUT2D eigenvalue weighted by Gasteiger charge is 2.42. The summed E-state index contributed by atoms with van der Waals surface area (Å²) in [5, 5.41) is 10.1. The largest absolute Gasteiger partial charge is 0.387 e. The summed E-state index contributed by atoms with van der Waals surface area (Å²) in [6.07, 6.45) is -4.56. The van der Waals surface area contributed by atoms with Gasteiger partial charge in [0.15, 0.2) is 0 Å². The highest BCUT2D eigenvalue weighted by molar-refractivity contribution is 5.19. The highest BCUT2D eigenvalue weighted by Crippen LogP contribution is 2.24. The van der Waals surface area contributed by atoms with Gasteiger partial charge in [-0.15, -0.1) is 0 Å². The van der Waals surface area contributed by atoms with Gasteiger partial charge in [0.05, 0.1) is 12.6 Å². The smallest absolute Gasteiger partial charge is 0.319 e. The van der Waals surface area contributed by atoms with E-state index in [1.54, 1.807) is 6.07 Å². The number of β-amino-alcohol motifs (C(OH)–C–C–N with tert-alkyl or cyclic N) is 1. The van der Waals surface area contributed by atoms with E-state index in [1.807, 2.05) is 4.90 Å². The fourth-order valence-electron chi connectivity index (χ4n) is 2.56. The van der Waals surface area contributed by atoms with Crippen molar-refractivity contribution in [2.75, 3.05) is 39.3 Å². The maximum atomic E-state index is 13.1. The lowest BCUT2D eigenvalue weighted by atomic mass is 10.1. The first-order chi connectivity index (χ1) is 10.8. The van der Waals surface area contributed by atoms with Crippen LogP contribution < -0.4 is 0 Å². The second-order valence-corrected chi connectivity index (χ2v) is 5.71. The van der Waals surface area contributed by atoms with E-state index in [9.17, 15) is 27.1 Å². The molecule has 1 heterocycles. The molecule has 1 saturated heterocycles. The number of halogens is 5. The molecule has 2 rings (SSSR count). The summed E-state index contributed by atoms with van der Waals surface area (Å²) < 4.78 is 63.5. The molecule has 1 atom stereocenters. The summed E-state index contributed by atoms with van der Waals surface area (Å²) in [7, 11) is 0. The van der Waals surface area contributed by atoms with Crippen LogP contribution in [0.25, 0.3) is 0 Å². The molecule has 8 heteroatoms. The molecule has 1 aliphatic rings. The minimum atomic E-state index is -4.01. The number of hydrogen-bond acceptors (Lipinski definition) is 3. The third-order valence-corrected chi connectivity index (χ3v) is 3.88. The molecule has 0 spiro atoms. The molecule has 1 aromatic carbocycles. The van der Waals surface area contributed by atoms with Crippen molar-refractivity contribution in [3.8, 4) is 0 Å². The average molecular weight is 338 g/mol. The molecule has 130 valence electrons. The normalized spacial score (nSPS) is 19.3. The lowest BCUT2D eigenvalue weighted by Gasteiger charge is -2.36. The van der Waals surface area contributed by atoms with Crippen molar-refractivity contribution in [2.24, 2.45) is 0 Å². The number of rotatable bonds is 6. The molecule has 0 bridgehead atoms. The predicted octanol–water partition coefficient (Wildman–Crippen LogP) is 2.38. The van der Waals surface area contributed by atoms with Crippen molar-refractivity contribution in [3.05, 3.63) is 35.6 Å². The standard InChI is InChI=1S/C15H19F5N2O/c16-12-3-1-2-11(8-12)13(23)9-21-4-6-22(7-5-21)10-15(19,20)14(17)18/h1-3,8,13-14,23H,4-7,9-10H2. The van der Waals surface area contributed by atoms with E-state index in [-0.39, 0.29) is 19.6 Å². The van der Waals surface area contributed by atoms with E-state index < -0.39 is 30.8 Å². The first-order valence-electron chi connectivity index (χ1n) is 7.32. The number of piperazine rings is 1. The Bertz CT molecular complexity index is 506. The summed E-state index contributed by atoms with van der Waals surface area (Å²) in [6, 6.07) is 5.62. The Balaban J connectivity index is 1.81. The summed E-state index contributed by atoms with van der Waals surface area (Å²) >= 11 is 0. The maximum Gasteiger partial charge on any atom is 0.319 e. The molecule has 1 unspecified atom stereocenters. The van der Waals surface area contributed by atoms with Crippen molar-refractivity contribution < 1.29 is 27.1 Å². The molecule has 1 N–H and O–H groups in total. The number of hydrogen-bond donors (Lipinski definition) is 1. The number of aliphatic hydroxyl groups excluding tert-OH is 1. The van der Waals surface area contributed by atoms with Crippen LogP contribution in [-0.2, 0) is 0 Å². The van der Waals surface area contributed by atoms with Crippen LogP contribution in [0.5, 0.6) is 0 Å². The molecule has 1 fully saturated rings. The predicted molar refractivity (Wildman–Crippen MR) is 75.2 cm³/mol. The molecular formula is C15H19F5N2O. The Morgan fingerprint density at radius 3 is 2.26 bits per heavy atom. The second-order valence-electron chi connectivity index (χ2n) is 5.71. The lowest BCUT2D eigenvalue weighted by molar-refractivity contribution is -0.145. The zero-order valence-electron chi connectivity index (χ0n) is 12.4. The molecule has 0 aromatic heterocycles. The van der Waals surface area contributed by atoms with Gasteiger partial charge in [0.1, 0.15) is 5.82 Å². The van der Waals surface area contributed by atoms with Crippen LogP contribution in [-0.4, -0.2) is 66.5 Å². The molecule has 23 heavy (non-hydrogen) atoms. The van der Waals surface area contributed by atoms with Crippen LogP contribution in [0.4, 0.5) is 22.0 Å². The molecule has 0 aliphatic carbocycles. The number of alkyl halides is 4. The van der Waals surface area contributed by atoms with Crippen LogP contribution in [0.1, 0.15) is 11.7 Å². The van der Waals surface area contributed by atoms with Gasteiger partial charge in [-0.3, -0.25) is 9.80 Å². The topological polar surface area (TPSA) is 26.7 Å². The van der Waals surface area contributed by atoms with Gasteiger partial charge in [-0.05, 0) is 17.7 Å². The third kappa shape index (κ3) is 5.12. The number of aliphatic hydroxyl groups is 1. The summed E-state index contributed by atoms with van der Waals surface area (Å²) in [4.78, 5) is 3.13. The summed E-state index contributed by atoms with van der Waals surface area (Å²) in [5.74, 6) is -4.45. The summed E-state index contributed by atoms with van der Waals surface area (Å²) in [5.41, 5.74) is 0.441. The minimum Gasteiger partial charge on any atom is -0.387 e. The van der Waals surface area contributed by atoms with E-state index in [4.69, 9.17) is 0 Å². The van der Waals surface area contributed by atoms with Crippen molar-refractivity contribution in [3.63, 3.8) is 0 Å². The molecule has 1 aromatic rings. The molecule has 3 nitrogen and oxygen atoms in total. The van der Waals surface area contributed by atoms with Gasteiger partial charge in [0, 0.05) is 32.7 Å². The van der Waals surface area contributed by atoms with Gasteiger partial charge >= 0.3 is 12.3 Å². The van der Waals surface area contributed by atoms with Gasteiger partial charge < -0.3 is 5.11 Å². The van der Waals surface area contributed by atoms with Gasteiger partial charge in [-0.2, -0.15) is 8.78 Å². The summed E-state index contributed by atoms with van der Waals surface area (Å²) in [6.45, 7) is 0.473. The molecule has 0 amide bonds. The van der Waals surface area contributed by atoms with Crippen LogP contribution in [0.15, 0.2) is 24.3 Å². The van der Waals surface area contributed by atoms with Gasteiger partial charge in [-0.25, -0.2) is 13.2 Å². The molecular weight excluding hydrogens is 319 g/mol. The van der Waals surface area contributed by atoms with Crippen LogP contribution >= 0.6 is 0 Å². The van der Waals surface area contributed by atoms with E-state index in [0.29, 0.717) is 18.7 Å². The van der Waals surface area contributed by atoms with E-state index in [1.165, 1.54) is 23.1 Å². The highest BCUT2D eigenvalue weighted by atomic mass is 19.3. The monoisotopic (exact) mass is 338 g/mol. The quantitative estimate of drug-likeness (QED) is 0.807. The molecule has 0 saturated carbocycles. The fourth-order valence-corrected chi connectivity index (χ4v) is 2.56. The number of nitrogens with zero attached hydrogens (tertiary/aromatic N) is 2. The van der Waals surface area contributed by atoms with Crippen molar-refractivity contribution in [2.45, 2.75) is 18.5 Å². The van der Waals surface area contributed by atoms with Crippen LogP contribution in [0.2, 0.25) is 0 Å². The Hall–Kier alpha value is -1.25. The minimum absolute atomic E-state index is 0.220. The zero-order valence-corrected chi connectivity index (χ0v) is 12.4. The SMILES string of the molecule is OC(CN1CCN(CC(F)(F)C(F)F)CC1)c1cccc(F)c1. The van der Waals surface area contributed by atoms with Gasteiger partial charge in [0.25, 0.3) is 0 Å². The Labute approximate surface area is 131 Å². The Morgan fingerprint density at radius 1 is 1.09 bits per heavy atom. The number of benzene rings is 1. The Morgan fingerprint density at radius 2 is 1.70 bits per heavy atom. The van der Waals surface area contributed by atoms with E-state index >= 15 is 0 Å².